The Labute approximate surface area is 300 Å². The van der Waals surface area contributed by atoms with Crippen LogP contribution in [0.2, 0.25) is 0 Å². The van der Waals surface area contributed by atoms with Crippen LogP contribution < -0.4 is 0 Å². The zero-order chi connectivity index (χ0) is 37.2. The number of carbonyl (C=O) groups excluding carboxylic acids is 2. The number of ether oxygens (including phenoxy) is 4. The van der Waals surface area contributed by atoms with Crippen molar-refractivity contribution in [2.75, 3.05) is 60.5 Å². The number of methoxy groups -OCH3 is 1. The number of hydrogen-bond acceptors (Lipinski definition) is 11. The van der Waals surface area contributed by atoms with Crippen molar-refractivity contribution in [3.8, 4) is 0 Å². The molecule has 0 radical (unpaired) electrons. The average molecular weight is 708 g/mol. The fraction of sp³-hybridized carbons (Fsp3) is 0.789. The monoisotopic (exact) mass is 707 g/mol. The van der Waals surface area contributed by atoms with Gasteiger partial charge in [-0.1, -0.05) is 45.1 Å². The molecule has 1 amide bonds. The number of nitrogens with zero attached hydrogens (tertiary/aromatic N) is 3. The molecule has 0 aliphatic carbocycles. The zero-order valence-electron chi connectivity index (χ0n) is 31.9. The Morgan fingerprint density at radius 1 is 1.24 bits per heavy atom. The highest BCUT2D eigenvalue weighted by molar-refractivity contribution is 5.70. The predicted molar refractivity (Wildman–Crippen MR) is 193 cm³/mol. The quantitative estimate of drug-likeness (QED) is 0.112. The van der Waals surface area contributed by atoms with E-state index < -0.39 is 47.7 Å². The second kappa shape index (κ2) is 19.0. The summed E-state index contributed by atoms with van der Waals surface area (Å²) in [6.07, 6.45) is 6.97. The van der Waals surface area contributed by atoms with Gasteiger partial charge in [-0.05, 0) is 65.8 Å². The number of esters is 1. The van der Waals surface area contributed by atoms with Gasteiger partial charge in [-0.3, -0.25) is 9.69 Å². The molecule has 0 saturated carbocycles. The van der Waals surface area contributed by atoms with Gasteiger partial charge in [-0.2, -0.15) is 0 Å². The molecule has 286 valence electrons. The maximum Gasteiger partial charge on any atom is 0.410 e. The molecule has 3 N–H and O–H groups in total. The van der Waals surface area contributed by atoms with Crippen LogP contribution in [0, 0.1) is 11.8 Å². The number of allylic oxidation sites excluding steroid dienone is 2. The number of amides is 1. The molecule has 0 aromatic carbocycles. The number of rotatable bonds is 13. The van der Waals surface area contributed by atoms with Crippen molar-refractivity contribution in [2.24, 2.45) is 11.8 Å². The molecule has 3 aliphatic heterocycles. The number of hydrogen-bond donors (Lipinski definition) is 3. The largest absolute Gasteiger partial charge is 0.457 e. The van der Waals surface area contributed by atoms with Gasteiger partial charge in [0.25, 0.3) is 0 Å². The second-order valence-electron chi connectivity index (χ2n) is 15.3. The molecular formula is C38H65N3O9. The van der Waals surface area contributed by atoms with Gasteiger partial charge in [0, 0.05) is 64.6 Å². The van der Waals surface area contributed by atoms with Crippen LogP contribution >= 0.6 is 0 Å². The molecule has 0 aromatic rings. The van der Waals surface area contributed by atoms with Crippen molar-refractivity contribution in [1.82, 2.24) is 14.7 Å². The number of epoxide rings is 1. The molecule has 12 heteroatoms. The van der Waals surface area contributed by atoms with Crippen LogP contribution in [0.15, 0.2) is 36.0 Å². The normalized spacial score (nSPS) is 32.9. The number of aliphatic hydroxyl groups is 3. The van der Waals surface area contributed by atoms with Crippen molar-refractivity contribution in [3.63, 3.8) is 0 Å². The van der Waals surface area contributed by atoms with Crippen LogP contribution in [0.3, 0.4) is 0 Å². The smallest absolute Gasteiger partial charge is 0.410 e. The van der Waals surface area contributed by atoms with E-state index in [0.29, 0.717) is 32.4 Å². The maximum absolute atomic E-state index is 13.5. The summed E-state index contributed by atoms with van der Waals surface area (Å²) < 4.78 is 23.8. The molecular weight excluding hydrogens is 642 g/mol. The summed E-state index contributed by atoms with van der Waals surface area (Å²) in [6.45, 7) is 15.8. The Bertz CT molecular complexity index is 1180. The van der Waals surface area contributed by atoms with Crippen LogP contribution in [-0.2, 0) is 23.7 Å². The van der Waals surface area contributed by atoms with Gasteiger partial charge in [0.2, 0.25) is 0 Å². The summed E-state index contributed by atoms with van der Waals surface area (Å²) in [5, 5.41) is 32.0. The number of piperazine rings is 1. The maximum atomic E-state index is 13.5. The Hall–Kier alpha value is -2.32. The van der Waals surface area contributed by atoms with Crippen LogP contribution in [0.5, 0.6) is 0 Å². The third-order valence-electron chi connectivity index (χ3n) is 10.5. The first-order valence-corrected chi connectivity index (χ1v) is 18.3. The van der Waals surface area contributed by atoms with E-state index >= 15 is 0 Å². The summed E-state index contributed by atoms with van der Waals surface area (Å²) in [7, 11) is 5.66. The van der Waals surface area contributed by atoms with Crippen molar-refractivity contribution < 1.29 is 43.9 Å². The van der Waals surface area contributed by atoms with E-state index in [4.69, 9.17) is 18.9 Å². The molecule has 0 aromatic heterocycles. The van der Waals surface area contributed by atoms with E-state index in [1.54, 1.807) is 31.1 Å². The van der Waals surface area contributed by atoms with Gasteiger partial charge in [0.15, 0.2) is 6.10 Å². The number of likely N-dealkylation sites (N-methyl/N-ethyl adjacent to an activating group) is 1. The lowest BCUT2D eigenvalue weighted by Gasteiger charge is -2.39. The topological polar surface area (TPSA) is 145 Å². The molecule has 0 spiro atoms. The molecule has 3 heterocycles. The van der Waals surface area contributed by atoms with E-state index in [9.17, 15) is 24.9 Å². The molecule has 10 atom stereocenters. The van der Waals surface area contributed by atoms with Crippen molar-refractivity contribution >= 4 is 12.1 Å². The Kier molecular flexibility index (Phi) is 16.0. The summed E-state index contributed by atoms with van der Waals surface area (Å²) in [4.78, 5) is 32.6. The molecule has 2 fully saturated rings. The van der Waals surface area contributed by atoms with Crippen molar-refractivity contribution in [1.29, 1.82) is 0 Å². The highest BCUT2D eigenvalue weighted by Crippen LogP contribution is 2.37. The molecule has 12 nitrogen and oxygen atoms in total. The number of cyclic esters (lactones) is 1. The molecule has 10 unspecified atom stereocenters. The lowest BCUT2D eigenvalue weighted by Crippen LogP contribution is -2.52. The zero-order valence-corrected chi connectivity index (χ0v) is 31.9. The standard InChI is InChI=1S/C38H65N3O9/c1-10-30(43)28(4)35-31(48-35)25-37(5,46)16-11-12-26(2)34-27(3)13-14-32(38(6,47-9)17-15-29(42)24-33(44)50-34)49-36(45)41-22-20-40(21-23-41)19-18-39(7)8/h11-14,16,27-32,34-35,42-43,46H,10,15,17-25H2,1-9H3. The van der Waals surface area contributed by atoms with E-state index in [0.717, 1.165) is 31.8 Å². The number of carbonyl (C=O) groups is 2. The minimum atomic E-state index is -1.15. The molecule has 3 aliphatic rings. The van der Waals surface area contributed by atoms with E-state index in [-0.39, 0.29) is 36.9 Å². The predicted octanol–water partition coefficient (Wildman–Crippen LogP) is 3.54. The van der Waals surface area contributed by atoms with E-state index in [1.807, 2.05) is 66.9 Å². The van der Waals surface area contributed by atoms with Crippen LogP contribution in [-0.4, -0.2) is 150 Å². The molecule has 3 rings (SSSR count). The van der Waals surface area contributed by atoms with Gasteiger partial charge in [-0.25, -0.2) is 4.79 Å². The Morgan fingerprint density at radius 2 is 1.92 bits per heavy atom. The lowest BCUT2D eigenvalue weighted by molar-refractivity contribution is -0.151. The van der Waals surface area contributed by atoms with Crippen LogP contribution in [0.25, 0.3) is 0 Å². The van der Waals surface area contributed by atoms with Gasteiger partial charge in [0.05, 0.1) is 36.4 Å². The van der Waals surface area contributed by atoms with Crippen LogP contribution in [0.1, 0.15) is 73.6 Å². The SMILES string of the molecule is CCC(O)C(C)C1OC1CC(C)(O)C=CC=C(C)C1OC(=O)CC(O)CCC(C)(OC)C(OC(=O)N2CCN(CCN(C)C)CC2)C=CC1C. The first kappa shape index (κ1) is 42.1. The van der Waals surface area contributed by atoms with Gasteiger partial charge >= 0.3 is 12.1 Å². The minimum Gasteiger partial charge on any atom is -0.457 e. The Balaban J connectivity index is 1.74. The summed E-state index contributed by atoms with van der Waals surface area (Å²) >= 11 is 0. The summed E-state index contributed by atoms with van der Waals surface area (Å²) in [5.74, 6) is -0.844. The summed E-state index contributed by atoms with van der Waals surface area (Å²) in [6, 6.07) is 0. The second-order valence-corrected chi connectivity index (χ2v) is 15.3. The van der Waals surface area contributed by atoms with Gasteiger partial charge in [-0.15, -0.1) is 0 Å². The van der Waals surface area contributed by atoms with Crippen molar-refractivity contribution in [3.05, 3.63) is 36.0 Å². The van der Waals surface area contributed by atoms with Gasteiger partial charge < -0.3 is 44.1 Å². The highest BCUT2D eigenvalue weighted by atomic mass is 16.6. The fourth-order valence-electron chi connectivity index (χ4n) is 6.69. The first-order chi connectivity index (χ1) is 23.5. The summed E-state index contributed by atoms with van der Waals surface area (Å²) in [5.41, 5.74) is -1.36. The highest BCUT2D eigenvalue weighted by Gasteiger charge is 2.47. The average Bonchev–Trinajstić information content (AvgIpc) is 3.83. The van der Waals surface area contributed by atoms with E-state index in [1.165, 1.54) is 0 Å². The van der Waals surface area contributed by atoms with E-state index in [2.05, 4.69) is 9.80 Å². The molecule has 2 saturated heterocycles. The number of aliphatic hydroxyl groups excluding tert-OH is 2. The van der Waals surface area contributed by atoms with Crippen molar-refractivity contribution in [2.45, 2.75) is 121 Å². The third kappa shape index (κ3) is 12.7. The minimum absolute atomic E-state index is 0.00517. The van der Waals surface area contributed by atoms with Crippen LogP contribution in [0.4, 0.5) is 4.79 Å². The fourth-order valence-corrected chi connectivity index (χ4v) is 6.69. The first-order valence-electron chi connectivity index (χ1n) is 18.3. The molecule has 0 bridgehead atoms. The Morgan fingerprint density at radius 3 is 2.54 bits per heavy atom. The molecule has 50 heavy (non-hydrogen) atoms. The third-order valence-corrected chi connectivity index (χ3v) is 10.5. The lowest BCUT2D eigenvalue weighted by atomic mass is 9.88. The van der Waals surface area contributed by atoms with Gasteiger partial charge in [0.1, 0.15) is 11.7 Å².